The van der Waals surface area contributed by atoms with Crippen molar-refractivity contribution in [1.82, 2.24) is 0 Å². The highest BCUT2D eigenvalue weighted by molar-refractivity contribution is 4.71. The van der Waals surface area contributed by atoms with Gasteiger partial charge in [-0.3, -0.25) is 0 Å². The minimum absolute atomic E-state index is 1.00. The van der Waals surface area contributed by atoms with Gasteiger partial charge < -0.3 is 5.11 Å². The van der Waals surface area contributed by atoms with E-state index in [1.807, 2.05) is 6.08 Å². The predicted octanol–water partition coefficient (Wildman–Crippen LogP) is 3.58. The lowest BCUT2D eigenvalue weighted by Gasteiger charge is -1.95. The van der Waals surface area contributed by atoms with Gasteiger partial charge in [-0.25, -0.2) is 0 Å². The standard InChI is InChI=1S/C10H18O/c1-2-3-4-5-6-7-8-9-10-11/h2,9-11H,1,3-8H2/b10-9+. The average molecular weight is 154 g/mol. The minimum atomic E-state index is 1.00. The molecule has 0 unspecified atom stereocenters. The number of allylic oxidation sites excluding steroid dienone is 2. The largest absolute Gasteiger partial charge is 0.516 e. The molecule has 0 aliphatic heterocycles. The molecule has 0 heterocycles. The van der Waals surface area contributed by atoms with E-state index in [9.17, 15) is 0 Å². The van der Waals surface area contributed by atoms with Gasteiger partial charge in [0.05, 0.1) is 6.26 Å². The molecule has 0 saturated heterocycles. The lowest BCUT2D eigenvalue weighted by atomic mass is 10.1. The second-order valence-corrected chi connectivity index (χ2v) is 2.67. The van der Waals surface area contributed by atoms with Crippen LogP contribution in [0, 0.1) is 0 Å². The molecule has 1 heteroatoms. The summed E-state index contributed by atoms with van der Waals surface area (Å²) in [6.07, 6.45) is 12.0. The van der Waals surface area contributed by atoms with Crippen molar-refractivity contribution in [2.24, 2.45) is 0 Å². The van der Waals surface area contributed by atoms with Crippen LogP contribution in [0.1, 0.15) is 38.5 Å². The van der Waals surface area contributed by atoms with E-state index in [0.29, 0.717) is 0 Å². The van der Waals surface area contributed by atoms with Gasteiger partial charge in [0, 0.05) is 0 Å². The SMILES string of the molecule is C=CCCCCCC/C=C/O. The number of aliphatic hydroxyl groups is 1. The first-order valence-corrected chi connectivity index (χ1v) is 4.32. The van der Waals surface area contributed by atoms with E-state index in [-0.39, 0.29) is 0 Å². The number of rotatable bonds is 7. The maximum Gasteiger partial charge on any atom is 0.0751 e. The molecule has 0 aliphatic rings. The number of aliphatic hydroxyl groups excluding tert-OH is 1. The van der Waals surface area contributed by atoms with Crippen molar-refractivity contribution in [1.29, 1.82) is 0 Å². The van der Waals surface area contributed by atoms with E-state index in [1.165, 1.54) is 25.7 Å². The van der Waals surface area contributed by atoms with Crippen LogP contribution in [0.5, 0.6) is 0 Å². The summed E-state index contributed by atoms with van der Waals surface area (Å²) in [5.41, 5.74) is 0. The van der Waals surface area contributed by atoms with Gasteiger partial charge in [-0.1, -0.05) is 25.0 Å². The van der Waals surface area contributed by atoms with Gasteiger partial charge in [-0.2, -0.15) is 0 Å². The van der Waals surface area contributed by atoms with Crippen molar-refractivity contribution < 1.29 is 5.11 Å². The molecule has 0 spiro atoms. The van der Waals surface area contributed by atoms with Crippen LogP contribution in [0.2, 0.25) is 0 Å². The highest BCUT2D eigenvalue weighted by Gasteiger charge is 1.86. The van der Waals surface area contributed by atoms with Crippen molar-refractivity contribution in [3.8, 4) is 0 Å². The third-order valence-electron chi connectivity index (χ3n) is 1.63. The van der Waals surface area contributed by atoms with E-state index in [4.69, 9.17) is 5.11 Å². The fourth-order valence-electron chi connectivity index (χ4n) is 0.979. The summed E-state index contributed by atoms with van der Waals surface area (Å²) in [5.74, 6) is 0. The second kappa shape index (κ2) is 9.28. The van der Waals surface area contributed by atoms with Gasteiger partial charge in [0.25, 0.3) is 0 Å². The third kappa shape index (κ3) is 9.28. The molecule has 64 valence electrons. The second-order valence-electron chi connectivity index (χ2n) is 2.67. The Kier molecular flexibility index (Phi) is 8.67. The van der Waals surface area contributed by atoms with Crippen LogP contribution < -0.4 is 0 Å². The molecule has 0 saturated carbocycles. The Morgan fingerprint density at radius 3 is 2.18 bits per heavy atom. The number of hydrogen-bond donors (Lipinski definition) is 1. The van der Waals surface area contributed by atoms with Gasteiger partial charge in [0.2, 0.25) is 0 Å². The van der Waals surface area contributed by atoms with Gasteiger partial charge in [-0.05, 0) is 25.7 Å². The van der Waals surface area contributed by atoms with Crippen molar-refractivity contribution in [2.45, 2.75) is 38.5 Å². The van der Waals surface area contributed by atoms with Crippen molar-refractivity contribution >= 4 is 0 Å². The van der Waals surface area contributed by atoms with Crippen molar-refractivity contribution in [2.75, 3.05) is 0 Å². The first-order chi connectivity index (χ1) is 5.41. The first-order valence-electron chi connectivity index (χ1n) is 4.32. The first kappa shape index (κ1) is 10.3. The molecule has 0 bridgehead atoms. The van der Waals surface area contributed by atoms with Crippen molar-refractivity contribution in [3.05, 3.63) is 25.0 Å². The quantitative estimate of drug-likeness (QED) is 0.337. The van der Waals surface area contributed by atoms with Crippen LogP contribution in [-0.2, 0) is 0 Å². The zero-order valence-electron chi connectivity index (χ0n) is 7.13. The Balaban J connectivity index is 2.84. The number of unbranched alkanes of at least 4 members (excludes halogenated alkanes) is 5. The summed E-state index contributed by atoms with van der Waals surface area (Å²) < 4.78 is 0. The Bertz CT molecular complexity index is 105. The molecule has 11 heavy (non-hydrogen) atoms. The molecule has 0 aromatic heterocycles. The summed E-state index contributed by atoms with van der Waals surface area (Å²) in [4.78, 5) is 0. The molecule has 0 rings (SSSR count). The lowest BCUT2D eigenvalue weighted by Crippen LogP contribution is -1.76. The Hall–Kier alpha value is -0.720. The smallest absolute Gasteiger partial charge is 0.0751 e. The molecule has 0 amide bonds. The van der Waals surface area contributed by atoms with E-state index in [1.54, 1.807) is 6.08 Å². The highest BCUT2D eigenvalue weighted by Crippen LogP contribution is 2.05. The predicted molar refractivity (Wildman–Crippen MR) is 49.7 cm³/mol. The Morgan fingerprint density at radius 2 is 1.64 bits per heavy atom. The molecular formula is C10H18O. The van der Waals surface area contributed by atoms with Crippen molar-refractivity contribution in [3.63, 3.8) is 0 Å². The minimum Gasteiger partial charge on any atom is -0.516 e. The summed E-state index contributed by atoms with van der Waals surface area (Å²) >= 11 is 0. The van der Waals surface area contributed by atoms with E-state index in [0.717, 1.165) is 19.1 Å². The molecule has 0 aromatic carbocycles. The van der Waals surface area contributed by atoms with Crippen LogP contribution in [0.15, 0.2) is 25.0 Å². The van der Waals surface area contributed by atoms with Gasteiger partial charge in [0.1, 0.15) is 0 Å². The van der Waals surface area contributed by atoms with Crippen LogP contribution >= 0.6 is 0 Å². The molecule has 0 aromatic rings. The fraction of sp³-hybridized carbons (Fsp3) is 0.600. The van der Waals surface area contributed by atoms with Crippen LogP contribution in [0.3, 0.4) is 0 Å². The number of hydrogen-bond acceptors (Lipinski definition) is 1. The monoisotopic (exact) mass is 154 g/mol. The molecule has 0 aliphatic carbocycles. The molecule has 1 N–H and O–H groups in total. The van der Waals surface area contributed by atoms with E-state index in [2.05, 4.69) is 6.58 Å². The Labute approximate surface area is 69.4 Å². The summed E-state index contributed by atoms with van der Waals surface area (Å²) in [7, 11) is 0. The molecule has 0 radical (unpaired) electrons. The van der Waals surface area contributed by atoms with E-state index >= 15 is 0 Å². The topological polar surface area (TPSA) is 20.2 Å². The summed E-state index contributed by atoms with van der Waals surface area (Å²) in [6, 6.07) is 0. The van der Waals surface area contributed by atoms with Crippen LogP contribution in [-0.4, -0.2) is 5.11 Å². The maximum atomic E-state index is 8.31. The molecular weight excluding hydrogens is 136 g/mol. The lowest BCUT2D eigenvalue weighted by molar-refractivity contribution is 0.469. The summed E-state index contributed by atoms with van der Waals surface area (Å²) in [6.45, 7) is 3.66. The summed E-state index contributed by atoms with van der Waals surface area (Å²) in [5, 5.41) is 8.31. The molecule has 0 atom stereocenters. The maximum absolute atomic E-state index is 8.31. The molecule has 0 fully saturated rings. The van der Waals surface area contributed by atoms with Gasteiger partial charge in [0.15, 0.2) is 0 Å². The van der Waals surface area contributed by atoms with E-state index < -0.39 is 0 Å². The third-order valence-corrected chi connectivity index (χ3v) is 1.63. The zero-order chi connectivity index (χ0) is 8.36. The van der Waals surface area contributed by atoms with Gasteiger partial charge >= 0.3 is 0 Å². The fourth-order valence-corrected chi connectivity index (χ4v) is 0.979. The Morgan fingerprint density at radius 1 is 1.00 bits per heavy atom. The van der Waals surface area contributed by atoms with Gasteiger partial charge in [-0.15, -0.1) is 6.58 Å². The van der Waals surface area contributed by atoms with Crippen LogP contribution in [0.4, 0.5) is 0 Å². The zero-order valence-corrected chi connectivity index (χ0v) is 7.13. The highest BCUT2D eigenvalue weighted by atomic mass is 16.2. The normalized spacial score (nSPS) is 10.5. The van der Waals surface area contributed by atoms with Crippen LogP contribution in [0.25, 0.3) is 0 Å². The average Bonchev–Trinajstić information content (AvgIpc) is 2.03. The molecule has 1 nitrogen and oxygen atoms in total.